The summed E-state index contributed by atoms with van der Waals surface area (Å²) in [4.78, 5) is 1.08. The molecule has 0 unspecified atom stereocenters. The highest BCUT2D eigenvalue weighted by atomic mass is 32.2. The number of rotatable bonds is 6. The number of nitrogens with two attached hydrogens (primary N) is 1. The molecule has 0 saturated heterocycles. The summed E-state index contributed by atoms with van der Waals surface area (Å²) in [6.07, 6.45) is 0. The molecule has 1 aromatic carbocycles. The van der Waals surface area contributed by atoms with Crippen LogP contribution in [0, 0.1) is 0 Å². The van der Waals surface area contributed by atoms with Crippen molar-refractivity contribution in [2.45, 2.75) is 30.5 Å². The largest absolute Gasteiger partial charge is 0.326 e. The second-order valence-electron chi connectivity index (χ2n) is 4.11. The summed E-state index contributed by atoms with van der Waals surface area (Å²) in [6.45, 7) is 3.97. The summed E-state index contributed by atoms with van der Waals surface area (Å²) in [6, 6.07) is 7.91. The van der Waals surface area contributed by atoms with Gasteiger partial charge in [0.05, 0.1) is 11.0 Å². The first-order valence-corrected chi connectivity index (χ1v) is 8.29. The van der Waals surface area contributed by atoms with Crippen LogP contribution in [0.5, 0.6) is 0 Å². The smallest absolute Gasteiger partial charge is 0.153 e. The molecule has 0 spiro atoms. The molecule has 2 N–H and O–H groups in total. The molecule has 1 aromatic rings. The molecular weight excluding hydrogens is 254 g/mol. The van der Waals surface area contributed by atoms with Crippen LogP contribution in [0.25, 0.3) is 0 Å². The van der Waals surface area contributed by atoms with Gasteiger partial charge >= 0.3 is 0 Å². The highest BCUT2D eigenvalue weighted by Gasteiger charge is 2.15. The van der Waals surface area contributed by atoms with Gasteiger partial charge in [-0.05, 0) is 31.5 Å². The van der Waals surface area contributed by atoms with E-state index in [1.165, 1.54) is 0 Å². The van der Waals surface area contributed by atoms with Crippen LogP contribution >= 0.6 is 11.8 Å². The van der Waals surface area contributed by atoms with Crippen LogP contribution in [0.15, 0.2) is 29.2 Å². The predicted octanol–water partition coefficient (Wildman–Crippen LogP) is 2.06. The second-order valence-corrected chi connectivity index (χ2v) is 7.96. The van der Waals surface area contributed by atoms with E-state index in [1.807, 2.05) is 24.3 Å². The molecule has 0 bridgehead atoms. The molecule has 3 nitrogen and oxygen atoms in total. The van der Waals surface area contributed by atoms with E-state index < -0.39 is 9.84 Å². The van der Waals surface area contributed by atoms with Gasteiger partial charge in [0.1, 0.15) is 0 Å². The lowest BCUT2D eigenvalue weighted by molar-refractivity contribution is 0.589. The molecule has 0 radical (unpaired) electrons. The Morgan fingerprint density at radius 2 is 1.82 bits per heavy atom. The van der Waals surface area contributed by atoms with Crippen LogP contribution in [-0.4, -0.2) is 25.2 Å². The fourth-order valence-corrected chi connectivity index (χ4v) is 3.53. The number of benzene rings is 1. The molecule has 0 heterocycles. The minimum atomic E-state index is -2.92. The standard InChI is InChI=1S/C12H19NO2S2/c1-10(2)17(14,15)8-7-16-12-5-3-11(9-13)4-6-12/h3-6,10H,7-9,13H2,1-2H3. The Hall–Kier alpha value is -0.520. The second kappa shape index (κ2) is 6.42. The topological polar surface area (TPSA) is 60.2 Å². The first kappa shape index (κ1) is 14.5. The number of hydrogen-bond donors (Lipinski definition) is 1. The number of hydrogen-bond acceptors (Lipinski definition) is 4. The van der Waals surface area contributed by atoms with Crippen molar-refractivity contribution in [3.63, 3.8) is 0 Å². The van der Waals surface area contributed by atoms with Crippen molar-refractivity contribution in [2.75, 3.05) is 11.5 Å². The third-order valence-electron chi connectivity index (χ3n) is 2.51. The Morgan fingerprint density at radius 3 is 2.29 bits per heavy atom. The van der Waals surface area contributed by atoms with Gasteiger partial charge in [0.15, 0.2) is 9.84 Å². The lowest BCUT2D eigenvalue weighted by atomic mass is 10.2. The molecule has 0 aliphatic rings. The van der Waals surface area contributed by atoms with E-state index in [9.17, 15) is 8.42 Å². The third-order valence-corrected chi connectivity index (χ3v) is 6.00. The van der Waals surface area contributed by atoms with E-state index in [0.29, 0.717) is 12.3 Å². The Morgan fingerprint density at radius 1 is 1.24 bits per heavy atom. The van der Waals surface area contributed by atoms with Crippen molar-refractivity contribution >= 4 is 21.6 Å². The Bertz CT molecular complexity index is 438. The van der Waals surface area contributed by atoms with Crippen molar-refractivity contribution in [1.82, 2.24) is 0 Å². The summed E-state index contributed by atoms with van der Waals surface area (Å²) in [5.74, 6) is 0.830. The van der Waals surface area contributed by atoms with E-state index >= 15 is 0 Å². The minimum absolute atomic E-state index is 0.230. The molecule has 0 amide bonds. The van der Waals surface area contributed by atoms with E-state index in [4.69, 9.17) is 5.73 Å². The van der Waals surface area contributed by atoms with Crippen molar-refractivity contribution < 1.29 is 8.42 Å². The maximum atomic E-state index is 11.6. The molecule has 1 rings (SSSR count). The average Bonchev–Trinajstić information content (AvgIpc) is 2.29. The molecule has 17 heavy (non-hydrogen) atoms. The molecule has 0 saturated carbocycles. The molecule has 0 aliphatic carbocycles. The summed E-state index contributed by atoms with van der Waals surface area (Å²) in [5, 5.41) is -0.289. The predicted molar refractivity (Wildman–Crippen MR) is 74.0 cm³/mol. The molecule has 0 aliphatic heterocycles. The van der Waals surface area contributed by atoms with Gasteiger partial charge in [0.2, 0.25) is 0 Å². The van der Waals surface area contributed by atoms with E-state index in [1.54, 1.807) is 25.6 Å². The van der Waals surface area contributed by atoms with Crippen LogP contribution in [0.3, 0.4) is 0 Å². The summed E-state index contributed by atoms with van der Waals surface area (Å²) >= 11 is 1.56. The van der Waals surface area contributed by atoms with E-state index in [0.717, 1.165) is 10.5 Å². The highest BCUT2D eigenvalue weighted by molar-refractivity contribution is 8.00. The Labute approximate surface area is 108 Å². The van der Waals surface area contributed by atoms with E-state index in [-0.39, 0.29) is 11.0 Å². The third kappa shape index (κ3) is 4.69. The van der Waals surface area contributed by atoms with Crippen molar-refractivity contribution in [2.24, 2.45) is 5.73 Å². The summed E-state index contributed by atoms with van der Waals surface area (Å²) in [5.41, 5.74) is 6.59. The van der Waals surface area contributed by atoms with Crippen molar-refractivity contribution in [3.05, 3.63) is 29.8 Å². The zero-order valence-electron chi connectivity index (χ0n) is 10.2. The molecular formula is C12H19NO2S2. The van der Waals surface area contributed by atoms with Crippen molar-refractivity contribution in [3.8, 4) is 0 Å². The highest BCUT2D eigenvalue weighted by Crippen LogP contribution is 2.19. The Balaban J connectivity index is 2.46. The van der Waals surface area contributed by atoms with Gasteiger partial charge < -0.3 is 5.73 Å². The molecule has 0 fully saturated rings. The molecule has 0 atom stereocenters. The van der Waals surface area contributed by atoms with Crippen molar-refractivity contribution in [1.29, 1.82) is 0 Å². The van der Waals surface area contributed by atoms with Gasteiger partial charge in [0.25, 0.3) is 0 Å². The van der Waals surface area contributed by atoms with Gasteiger partial charge in [-0.2, -0.15) is 0 Å². The van der Waals surface area contributed by atoms with Crippen LogP contribution in [-0.2, 0) is 16.4 Å². The lowest BCUT2D eigenvalue weighted by Gasteiger charge is -2.07. The summed E-state index contributed by atoms with van der Waals surface area (Å²) in [7, 11) is -2.92. The first-order valence-electron chi connectivity index (χ1n) is 5.59. The fraction of sp³-hybridized carbons (Fsp3) is 0.500. The normalized spacial score (nSPS) is 12.0. The maximum Gasteiger partial charge on any atom is 0.153 e. The average molecular weight is 273 g/mol. The zero-order valence-corrected chi connectivity index (χ0v) is 11.9. The van der Waals surface area contributed by atoms with Crippen LogP contribution < -0.4 is 5.73 Å². The molecule has 5 heteroatoms. The van der Waals surface area contributed by atoms with Crippen LogP contribution in [0.2, 0.25) is 0 Å². The van der Waals surface area contributed by atoms with Gasteiger partial charge in [0, 0.05) is 17.2 Å². The lowest BCUT2D eigenvalue weighted by Crippen LogP contribution is -2.18. The maximum absolute atomic E-state index is 11.6. The fourth-order valence-electron chi connectivity index (χ4n) is 1.23. The molecule has 96 valence electrons. The number of thioether (sulfide) groups is 1. The quantitative estimate of drug-likeness (QED) is 0.806. The number of sulfone groups is 1. The Kier molecular flexibility index (Phi) is 5.49. The first-order chi connectivity index (χ1) is 7.95. The van der Waals surface area contributed by atoms with Crippen LogP contribution in [0.4, 0.5) is 0 Å². The van der Waals surface area contributed by atoms with E-state index in [2.05, 4.69) is 0 Å². The van der Waals surface area contributed by atoms with Gasteiger partial charge in [-0.25, -0.2) is 8.42 Å². The monoisotopic (exact) mass is 273 g/mol. The van der Waals surface area contributed by atoms with Gasteiger partial charge in [-0.3, -0.25) is 0 Å². The summed E-state index contributed by atoms with van der Waals surface area (Å²) < 4.78 is 23.2. The zero-order chi connectivity index (χ0) is 12.9. The van der Waals surface area contributed by atoms with Gasteiger partial charge in [-0.1, -0.05) is 12.1 Å². The SMILES string of the molecule is CC(C)S(=O)(=O)CCSc1ccc(CN)cc1. The minimum Gasteiger partial charge on any atom is -0.326 e. The van der Waals surface area contributed by atoms with Gasteiger partial charge in [-0.15, -0.1) is 11.8 Å². The molecule has 0 aromatic heterocycles. The van der Waals surface area contributed by atoms with Crippen LogP contribution in [0.1, 0.15) is 19.4 Å².